The van der Waals surface area contributed by atoms with Crippen molar-refractivity contribution in [3.05, 3.63) is 47.5 Å². The molecule has 1 N–H and O–H groups in total. The molecule has 4 aliphatic heterocycles. The monoisotopic (exact) mass is 420 g/mol. The van der Waals surface area contributed by atoms with Crippen LogP contribution in [0.4, 0.5) is 5.69 Å². The second-order valence-corrected chi connectivity index (χ2v) is 8.72. The van der Waals surface area contributed by atoms with Crippen LogP contribution in [-0.4, -0.2) is 61.4 Å². The zero-order valence-corrected chi connectivity index (χ0v) is 17.9. The number of ether oxygens (including phenoxy) is 3. The van der Waals surface area contributed by atoms with Crippen molar-refractivity contribution < 1.29 is 14.2 Å². The fourth-order valence-corrected chi connectivity index (χ4v) is 5.37. The van der Waals surface area contributed by atoms with Gasteiger partial charge in [-0.15, -0.1) is 0 Å². The van der Waals surface area contributed by atoms with E-state index in [4.69, 9.17) is 19.2 Å². The van der Waals surface area contributed by atoms with Crippen LogP contribution in [-0.2, 0) is 6.54 Å². The topological polar surface area (TPSA) is 58.6 Å². The first-order chi connectivity index (χ1) is 15.3. The van der Waals surface area contributed by atoms with E-state index in [-0.39, 0.29) is 12.5 Å². The molecule has 7 nitrogen and oxygen atoms in total. The Hall–Kier alpha value is -2.93. The molecule has 2 aromatic rings. The summed E-state index contributed by atoms with van der Waals surface area (Å²) in [6, 6.07) is 12.8. The number of aliphatic imine (C=N–C) groups is 1. The number of hydrogen-bond donors (Lipinski definition) is 1. The molecule has 6 rings (SSSR count). The molecular weight excluding hydrogens is 392 g/mol. The van der Waals surface area contributed by atoms with Gasteiger partial charge in [-0.1, -0.05) is 12.1 Å². The number of anilines is 1. The van der Waals surface area contributed by atoms with Crippen molar-refractivity contribution in [1.82, 2.24) is 9.80 Å². The van der Waals surface area contributed by atoms with E-state index in [1.54, 1.807) is 7.11 Å². The zero-order valence-electron chi connectivity index (χ0n) is 17.9. The quantitative estimate of drug-likeness (QED) is 0.822. The van der Waals surface area contributed by atoms with Gasteiger partial charge in [-0.2, -0.15) is 0 Å². The number of para-hydroxylation sites is 1. The molecule has 0 unspecified atom stereocenters. The summed E-state index contributed by atoms with van der Waals surface area (Å²) < 4.78 is 16.7. The minimum Gasteiger partial charge on any atom is -0.493 e. The molecule has 0 bridgehead atoms. The number of piperidine rings is 1. The zero-order chi connectivity index (χ0) is 20.8. The van der Waals surface area contributed by atoms with E-state index in [0.717, 1.165) is 63.5 Å². The van der Waals surface area contributed by atoms with E-state index in [1.807, 2.05) is 0 Å². The van der Waals surface area contributed by atoms with Gasteiger partial charge in [0.05, 0.1) is 7.11 Å². The van der Waals surface area contributed by atoms with Gasteiger partial charge in [0.15, 0.2) is 11.5 Å². The number of rotatable bonds is 3. The number of nitrogens with one attached hydrogen (secondary N) is 1. The normalized spacial score (nSPS) is 21.2. The minimum atomic E-state index is -0.0450. The van der Waals surface area contributed by atoms with Gasteiger partial charge in [0, 0.05) is 56.8 Å². The molecule has 0 radical (unpaired) electrons. The molecule has 1 spiro atoms. The molecule has 4 heterocycles. The lowest BCUT2D eigenvalue weighted by molar-refractivity contribution is 0.0799. The van der Waals surface area contributed by atoms with Crippen LogP contribution in [0.15, 0.2) is 41.4 Å². The Balaban J connectivity index is 1.21. The third-order valence-electron chi connectivity index (χ3n) is 6.92. The third kappa shape index (κ3) is 3.10. The highest BCUT2D eigenvalue weighted by Crippen LogP contribution is 2.43. The van der Waals surface area contributed by atoms with Gasteiger partial charge in [-0.05, 0) is 36.2 Å². The summed E-state index contributed by atoms with van der Waals surface area (Å²) in [6.45, 7) is 5.17. The first-order valence-electron chi connectivity index (χ1n) is 11.1. The lowest BCUT2D eigenvalue weighted by atomic mass is 9.88. The molecule has 0 amide bonds. The smallest absolute Gasteiger partial charge is 0.231 e. The Morgan fingerprint density at radius 3 is 2.87 bits per heavy atom. The summed E-state index contributed by atoms with van der Waals surface area (Å²) in [5, 5.41) is 3.91. The number of fused-ring (bicyclic) bond motifs is 5. The molecule has 0 saturated carbocycles. The molecule has 162 valence electrons. The predicted molar refractivity (Wildman–Crippen MR) is 119 cm³/mol. The Morgan fingerprint density at radius 2 is 2.00 bits per heavy atom. The van der Waals surface area contributed by atoms with Gasteiger partial charge in [0.1, 0.15) is 11.5 Å². The number of amidine groups is 1. The van der Waals surface area contributed by atoms with Crippen molar-refractivity contribution in [2.45, 2.75) is 31.5 Å². The summed E-state index contributed by atoms with van der Waals surface area (Å²) in [7, 11) is 1.68. The van der Waals surface area contributed by atoms with Gasteiger partial charge in [0.2, 0.25) is 12.5 Å². The Labute approximate surface area is 182 Å². The van der Waals surface area contributed by atoms with Crippen LogP contribution in [0.3, 0.4) is 0 Å². The highest BCUT2D eigenvalue weighted by molar-refractivity contribution is 6.06. The Bertz CT molecular complexity index is 1030. The first kappa shape index (κ1) is 18.8. The van der Waals surface area contributed by atoms with Gasteiger partial charge < -0.3 is 24.4 Å². The van der Waals surface area contributed by atoms with Crippen LogP contribution in [0.2, 0.25) is 0 Å². The van der Waals surface area contributed by atoms with Gasteiger partial charge in [-0.25, -0.2) is 0 Å². The van der Waals surface area contributed by atoms with Crippen molar-refractivity contribution in [1.29, 1.82) is 0 Å². The van der Waals surface area contributed by atoms with Gasteiger partial charge in [0.25, 0.3) is 0 Å². The number of likely N-dealkylation sites (tertiary alicyclic amines) is 1. The fraction of sp³-hybridized carbons (Fsp3) is 0.458. The number of methoxy groups -OCH3 is 1. The standard InChI is InChI=1S/C24H28N4O3/c1-29-20-13-17(14-21-22(20)31-16-30-21)15-27-11-7-24(8-12-27)26-19-6-3-2-5-18(19)23-25-9-4-10-28(23)24/h2-3,5-6,13-14,26H,4,7-12,15-16H2,1H3. The second kappa shape index (κ2) is 7.34. The SMILES string of the molecule is COc1cc(CN2CCC3(CC2)Nc2ccccc2C2=NCCCN23)cc2c1OCO2. The van der Waals surface area contributed by atoms with Crippen LogP contribution in [0.1, 0.15) is 30.4 Å². The minimum absolute atomic E-state index is 0.0450. The molecule has 2 aromatic carbocycles. The number of nitrogens with zero attached hydrogens (tertiary/aromatic N) is 3. The highest BCUT2D eigenvalue weighted by Gasteiger charge is 2.45. The maximum absolute atomic E-state index is 5.60. The van der Waals surface area contributed by atoms with E-state index in [9.17, 15) is 0 Å². The maximum Gasteiger partial charge on any atom is 0.231 e. The number of hydrogen-bond acceptors (Lipinski definition) is 7. The summed E-state index contributed by atoms with van der Waals surface area (Å²) in [5.74, 6) is 3.42. The molecule has 0 atom stereocenters. The second-order valence-electron chi connectivity index (χ2n) is 8.72. The summed E-state index contributed by atoms with van der Waals surface area (Å²) >= 11 is 0. The highest BCUT2D eigenvalue weighted by atomic mass is 16.7. The van der Waals surface area contributed by atoms with E-state index >= 15 is 0 Å². The molecule has 4 aliphatic rings. The van der Waals surface area contributed by atoms with Crippen molar-refractivity contribution >= 4 is 11.5 Å². The summed E-state index contributed by atoms with van der Waals surface area (Å²) in [4.78, 5) is 9.99. The average Bonchev–Trinajstić information content (AvgIpc) is 3.29. The number of benzene rings is 2. The molecule has 0 aromatic heterocycles. The van der Waals surface area contributed by atoms with Crippen LogP contribution in [0.5, 0.6) is 17.2 Å². The van der Waals surface area contributed by atoms with Crippen molar-refractivity contribution in [3.63, 3.8) is 0 Å². The maximum atomic E-state index is 5.60. The lowest BCUT2D eigenvalue weighted by Crippen LogP contribution is -2.65. The first-order valence-corrected chi connectivity index (χ1v) is 11.1. The molecule has 7 heteroatoms. The molecular formula is C24H28N4O3. The van der Waals surface area contributed by atoms with Crippen LogP contribution < -0.4 is 19.5 Å². The van der Waals surface area contributed by atoms with E-state index in [2.05, 4.69) is 51.5 Å². The van der Waals surface area contributed by atoms with E-state index in [1.165, 1.54) is 22.6 Å². The Morgan fingerprint density at radius 1 is 1.13 bits per heavy atom. The lowest BCUT2D eigenvalue weighted by Gasteiger charge is -2.54. The predicted octanol–water partition coefficient (Wildman–Crippen LogP) is 3.29. The van der Waals surface area contributed by atoms with Crippen LogP contribution in [0, 0.1) is 0 Å². The molecule has 31 heavy (non-hydrogen) atoms. The summed E-state index contributed by atoms with van der Waals surface area (Å²) in [5.41, 5.74) is 3.60. The van der Waals surface area contributed by atoms with Crippen molar-refractivity contribution in [2.75, 3.05) is 45.4 Å². The summed E-state index contributed by atoms with van der Waals surface area (Å²) in [6.07, 6.45) is 3.24. The molecule has 1 saturated heterocycles. The fourth-order valence-electron chi connectivity index (χ4n) is 5.37. The van der Waals surface area contributed by atoms with Crippen LogP contribution in [0.25, 0.3) is 0 Å². The van der Waals surface area contributed by atoms with Gasteiger partial charge in [-0.3, -0.25) is 9.89 Å². The molecule has 0 aliphatic carbocycles. The van der Waals surface area contributed by atoms with E-state index in [0.29, 0.717) is 5.75 Å². The third-order valence-corrected chi connectivity index (χ3v) is 6.92. The van der Waals surface area contributed by atoms with Crippen LogP contribution >= 0.6 is 0 Å². The van der Waals surface area contributed by atoms with Gasteiger partial charge >= 0.3 is 0 Å². The van der Waals surface area contributed by atoms with Crippen molar-refractivity contribution in [2.24, 2.45) is 4.99 Å². The van der Waals surface area contributed by atoms with E-state index < -0.39 is 0 Å². The molecule has 1 fully saturated rings. The Kier molecular flexibility index (Phi) is 4.45. The van der Waals surface area contributed by atoms with Crippen molar-refractivity contribution in [3.8, 4) is 17.2 Å². The average molecular weight is 421 g/mol. The largest absolute Gasteiger partial charge is 0.493 e.